The number of nitrogens with two attached hydrogens (primary N) is 2. The smallest absolute Gasteiger partial charge is 0.238 e. The van der Waals surface area contributed by atoms with Gasteiger partial charge in [0.05, 0.1) is 16.3 Å². The molecule has 0 bridgehead atoms. The molecule has 1 heterocycles. The molecule has 0 aliphatic heterocycles. The van der Waals surface area contributed by atoms with Crippen LogP contribution in [0.1, 0.15) is 5.56 Å². The van der Waals surface area contributed by atoms with Crippen molar-refractivity contribution in [2.75, 3.05) is 24.2 Å². The van der Waals surface area contributed by atoms with E-state index >= 15 is 0 Å². The zero-order valence-electron chi connectivity index (χ0n) is 11.7. The topological polar surface area (TPSA) is 102 Å². The summed E-state index contributed by atoms with van der Waals surface area (Å²) in [7, 11) is -1.87. The SMILES string of the molecule is CN(CCc1ccncc1)c1cc(S(N)(=O)=O)ccc1N. The van der Waals surface area contributed by atoms with Crippen molar-refractivity contribution in [3.05, 3.63) is 48.3 Å². The van der Waals surface area contributed by atoms with Crippen LogP contribution in [0.15, 0.2) is 47.6 Å². The van der Waals surface area contributed by atoms with Crippen molar-refractivity contribution in [2.45, 2.75) is 11.3 Å². The van der Waals surface area contributed by atoms with Crippen molar-refractivity contribution in [3.8, 4) is 0 Å². The Hall–Kier alpha value is -2.12. The fourth-order valence-electron chi connectivity index (χ4n) is 2.00. The van der Waals surface area contributed by atoms with Crippen LogP contribution in [0.4, 0.5) is 11.4 Å². The summed E-state index contributed by atoms with van der Waals surface area (Å²) in [4.78, 5) is 5.93. The molecule has 7 heteroatoms. The molecule has 0 saturated carbocycles. The lowest BCUT2D eigenvalue weighted by molar-refractivity contribution is 0.598. The van der Waals surface area contributed by atoms with Crippen molar-refractivity contribution < 1.29 is 8.42 Å². The average Bonchev–Trinajstić information content (AvgIpc) is 2.45. The Bertz CT molecular complexity index is 717. The summed E-state index contributed by atoms with van der Waals surface area (Å²) in [5, 5.41) is 5.15. The molecule has 1 aromatic heterocycles. The van der Waals surface area contributed by atoms with Crippen LogP contribution in [0.25, 0.3) is 0 Å². The van der Waals surface area contributed by atoms with E-state index in [2.05, 4.69) is 4.98 Å². The highest BCUT2D eigenvalue weighted by Gasteiger charge is 2.12. The van der Waals surface area contributed by atoms with E-state index in [0.29, 0.717) is 17.9 Å². The third kappa shape index (κ3) is 3.93. The number of nitrogen functional groups attached to an aromatic ring is 1. The quantitative estimate of drug-likeness (QED) is 0.802. The first-order valence-electron chi connectivity index (χ1n) is 6.40. The standard InChI is InChI=1S/C14H18N4O2S/c1-18(9-6-11-4-7-17-8-5-11)14-10-12(21(16,19)20)2-3-13(14)15/h2-5,7-8,10H,6,9,15H2,1H3,(H2,16,19,20). The molecule has 21 heavy (non-hydrogen) atoms. The molecule has 0 fully saturated rings. The van der Waals surface area contributed by atoms with Gasteiger partial charge in [0.1, 0.15) is 0 Å². The molecule has 4 N–H and O–H groups in total. The monoisotopic (exact) mass is 306 g/mol. The summed E-state index contributed by atoms with van der Waals surface area (Å²) in [5.74, 6) is 0. The third-order valence-corrected chi connectivity index (χ3v) is 4.14. The van der Waals surface area contributed by atoms with Crippen LogP contribution >= 0.6 is 0 Å². The van der Waals surface area contributed by atoms with Crippen molar-refractivity contribution in [1.82, 2.24) is 4.98 Å². The number of rotatable bonds is 5. The van der Waals surface area contributed by atoms with E-state index in [1.54, 1.807) is 18.5 Å². The normalized spacial score (nSPS) is 11.3. The maximum atomic E-state index is 11.4. The molecule has 0 aliphatic carbocycles. The molecule has 6 nitrogen and oxygen atoms in total. The van der Waals surface area contributed by atoms with E-state index < -0.39 is 10.0 Å². The molecule has 0 saturated heterocycles. The number of pyridine rings is 1. The van der Waals surface area contributed by atoms with Gasteiger partial charge in [-0.2, -0.15) is 0 Å². The van der Waals surface area contributed by atoms with Gasteiger partial charge in [-0.15, -0.1) is 0 Å². The Labute approximate surface area is 124 Å². The van der Waals surface area contributed by atoms with Gasteiger partial charge in [0.15, 0.2) is 0 Å². The molecule has 0 atom stereocenters. The minimum absolute atomic E-state index is 0.0578. The van der Waals surface area contributed by atoms with E-state index in [1.165, 1.54) is 12.1 Å². The second-order valence-electron chi connectivity index (χ2n) is 4.79. The van der Waals surface area contributed by atoms with Gasteiger partial charge in [-0.25, -0.2) is 13.6 Å². The summed E-state index contributed by atoms with van der Waals surface area (Å²) in [6.07, 6.45) is 4.29. The van der Waals surface area contributed by atoms with Gasteiger partial charge in [0.25, 0.3) is 0 Å². The van der Waals surface area contributed by atoms with E-state index in [1.807, 2.05) is 24.1 Å². The van der Waals surface area contributed by atoms with Gasteiger partial charge in [-0.1, -0.05) is 0 Å². The van der Waals surface area contributed by atoms with Crippen molar-refractivity contribution in [1.29, 1.82) is 0 Å². The number of hydrogen-bond donors (Lipinski definition) is 2. The Morgan fingerprint density at radius 1 is 1.19 bits per heavy atom. The first kappa shape index (κ1) is 15.3. The molecular weight excluding hydrogens is 288 g/mol. The Kier molecular flexibility index (Phi) is 4.44. The van der Waals surface area contributed by atoms with Gasteiger partial charge in [0.2, 0.25) is 10.0 Å². The maximum absolute atomic E-state index is 11.4. The van der Waals surface area contributed by atoms with Crippen molar-refractivity contribution in [3.63, 3.8) is 0 Å². The second kappa shape index (κ2) is 6.11. The summed E-state index contributed by atoms with van der Waals surface area (Å²) in [6.45, 7) is 0.697. The number of hydrogen-bond acceptors (Lipinski definition) is 5. The highest BCUT2D eigenvalue weighted by Crippen LogP contribution is 2.25. The Morgan fingerprint density at radius 2 is 1.86 bits per heavy atom. The van der Waals surface area contributed by atoms with E-state index in [9.17, 15) is 8.42 Å². The molecule has 2 rings (SSSR count). The molecule has 2 aromatic rings. The highest BCUT2D eigenvalue weighted by atomic mass is 32.2. The van der Waals surface area contributed by atoms with Gasteiger partial charge in [-0.05, 0) is 42.3 Å². The maximum Gasteiger partial charge on any atom is 0.238 e. The largest absolute Gasteiger partial charge is 0.397 e. The molecule has 0 amide bonds. The van der Waals surface area contributed by atoms with E-state index in [-0.39, 0.29) is 4.90 Å². The second-order valence-corrected chi connectivity index (χ2v) is 6.35. The summed E-state index contributed by atoms with van der Waals surface area (Å²) < 4.78 is 22.8. The number of nitrogens with zero attached hydrogens (tertiary/aromatic N) is 2. The van der Waals surface area contributed by atoms with Crippen LogP contribution in [0, 0.1) is 0 Å². The molecule has 1 aromatic carbocycles. The summed E-state index contributed by atoms with van der Waals surface area (Å²) >= 11 is 0. The number of likely N-dealkylation sites (N-methyl/N-ethyl adjacent to an activating group) is 1. The Balaban J connectivity index is 2.17. The van der Waals surface area contributed by atoms with Crippen LogP contribution in [-0.2, 0) is 16.4 Å². The lowest BCUT2D eigenvalue weighted by Crippen LogP contribution is -2.22. The number of primary sulfonamides is 1. The Morgan fingerprint density at radius 3 is 2.48 bits per heavy atom. The van der Waals surface area contributed by atoms with E-state index in [0.717, 1.165) is 12.0 Å². The number of aromatic nitrogens is 1. The molecule has 0 spiro atoms. The summed E-state index contributed by atoms with van der Waals surface area (Å²) in [5.41, 5.74) is 8.23. The zero-order valence-corrected chi connectivity index (χ0v) is 12.5. The number of benzene rings is 1. The predicted molar refractivity (Wildman–Crippen MR) is 83.4 cm³/mol. The first-order chi connectivity index (χ1) is 9.88. The fourth-order valence-corrected chi connectivity index (χ4v) is 2.53. The van der Waals surface area contributed by atoms with Gasteiger partial charge in [0, 0.05) is 26.0 Å². The lowest BCUT2D eigenvalue weighted by atomic mass is 10.2. The molecule has 0 radical (unpaired) electrons. The van der Waals surface area contributed by atoms with Gasteiger partial charge in [-0.3, -0.25) is 4.98 Å². The van der Waals surface area contributed by atoms with Gasteiger partial charge >= 0.3 is 0 Å². The van der Waals surface area contributed by atoms with E-state index in [4.69, 9.17) is 10.9 Å². The molecule has 0 aliphatic rings. The molecule has 0 unspecified atom stereocenters. The predicted octanol–water partition coefficient (Wildman–Crippen LogP) is 0.990. The fraction of sp³-hybridized carbons (Fsp3) is 0.214. The number of sulfonamides is 1. The third-order valence-electron chi connectivity index (χ3n) is 3.23. The minimum Gasteiger partial charge on any atom is -0.397 e. The van der Waals surface area contributed by atoms with Crippen LogP contribution in [0.2, 0.25) is 0 Å². The van der Waals surface area contributed by atoms with Crippen molar-refractivity contribution >= 4 is 21.4 Å². The zero-order chi connectivity index (χ0) is 15.5. The minimum atomic E-state index is -3.73. The van der Waals surface area contributed by atoms with Gasteiger partial charge < -0.3 is 10.6 Å². The highest BCUT2D eigenvalue weighted by molar-refractivity contribution is 7.89. The molecular formula is C14H18N4O2S. The summed E-state index contributed by atoms with van der Waals surface area (Å²) in [6, 6.07) is 8.34. The van der Waals surface area contributed by atoms with Crippen molar-refractivity contribution in [2.24, 2.45) is 5.14 Å². The van der Waals surface area contributed by atoms with Crippen LogP contribution in [0.3, 0.4) is 0 Å². The lowest BCUT2D eigenvalue weighted by Gasteiger charge is -2.21. The first-order valence-corrected chi connectivity index (χ1v) is 7.95. The average molecular weight is 306 g/mol. The number of anilines is 2. The van der Waals surface area contributed by atoms with Crippen LogP contribution < -0.4 is 15.8 Å². The van der Waals surface area contributed by atoms with Crippen LogP contribution in [0.5, 0.6) is 0 Å². The van der Waals surface area contributed by atoms with Crippen LogP contribution in [-0.4, -0.2) is 27.0 Å². The molecule has 112 valence electrons.